The summed E-state index contributed by atoms with van der Waals surface area (Å²) in [5.74, 6) is 0. The average Bonchev–Trinajstić information content (AvgIpc) is 2.98. The summed E-state index contributed by atoms with van der Waals surface area (Å²) in [7, 11) is 0. The van der Waals surface area contributed by atoms with Crippen LogP contribution in [0.5, 0.6) is 0 Å². The minimum atomic E-state index is 0.216. The number of aromatic nitrogens is 2. The van der Waals surface area contributed by atoms with E-state index in [9.17, 15) is 0 Å². The quantitative estimate of drug-likeness (QED) is 0.642. The average molecular weight is 350 g/mol. The fourth-order valence-corrected chi connectivity index (χ4v) is 3.36. The van der Waals surface area contributed by atoms with E-state index in [0.717, 1.165) is 21.6 Å². The minimum Gasteiger partial charge on any atom is -0.265 e. The monoisotopic (exact) mass is 350 g/mol. The molecule has 0 amide bonds. The first kappa shape index (κ1) is 17.3. The van der Waals surface area contributed by atoms with Gasteiger partial charge in [-0.15, -0.1) is 11.3 Å². The highest BCUT2D eigenvalue weighted by Crippen LogP contribution is 2.23. The van der Waals surface area contributed by atoms with Crippen LogP contribution in [-0.4, -0.2) is 21.9 Å². The third kappa shape index (κ3) is 4.12. The number of thiazole rings is 1. The molecule has 4 nitrogen and oxygen atoms in total. The number of rotatable bonds is 4. The van der Waals surface area contributed by atoms with Gasteiger partial charge in [-0.1, -0.05) is 12.1 Å². The molecule has 0 fully saturated rings. The smallest absolute Gasteiger partial charge is 0.206 e. The van der Waals surface area contributed by atoms with Crippen molar-refractivity contribution in [2.45, 2.75) is 33.7 Å². The number of nitrogens with zero attached hydrogens (tertiary/aromatic N) is 4. The van der Waals surface area contributed by atoms with Crippen LogP contribution in [0.1, 0.15) is 30.5 Å². The molecule has 25 heavy (non-hydrogen) atoms. The van der Waals surface area contributed by atoms with Crippen molar-refractivity contribution in [3.8, 4) is 11.3 Å². The van der Waals surface area contributed by atoms with Gasteiger partial charge in [0.05, 0.1) is 11.9 Å². The number of aryl methyl sites for hydroxylation is 2. The molecule has 0 aliphatic rings. The molecule has 5 heteroatoms. The van der Waals surface area contributed by atoms with Gasteiger partial charge < -0.3 is 0 Å². The van der Waals surface area contributed by atoms with Crippen molar-refractivity contribution >= 4 is 17.6 Å². The topological polar surface area (TPSA) is 42.5 Å². The molecule has 1 aromatic carbocycles. The van der Waals surface area contributed by atoms with Gasteiger partial charge >= 0.3 is 0 Å². The Morgan fingerprint density at radius 3 is 2.52 bits per heavy atom. The molecule has 3 rings (SSSR count). The van der Waals surface area contributed by atoms with Crippen LogP contribution in [0.15, 0.2) is 58.2 Å². The summed E-state index contributed by atoms with van der Waals surface area (Å²) in [6, 6.07) is 10.6. The molecule has 0 radical (unpaired) electrons. The highest BCUT2D eigenvalue weighted by Gasteiger charge is 2.09. The fraction of sp³-hybridized carbons (Fsp3) is 0.250. The molecule has 0 aliphatic carbocycles. The van der Waals surface area contributed by atoms with Gasteiger partial charge in [0.15, 0.2) is 0 Å². The normalized spacial score (nSPS) is 12.4. The molecule has 0 unspecified atom stereocenters. The molecule has 0 aliphatic heterocycles. The predicted octanol–water partition coefficient (Wildman–Crippen LogP) is 4.42. The first-order chi connectivity index (χ1) is 12.0. The van der Waals surface area contributed by atoms with Gasteiger partial charge in [0.1, 0.15) is 0 Å². The lowest BCUT2D eigenvalue weighted by Gasteiger charge is -2.07. The summed E-state index contributed by atoms with van der Waals surface area (Å²) < 4.78 is 1.93. The first-order valence-corrected chi connectivity index (χ1v) is 9.19. The van der Waals surface area contributed by atoms with Gasteiger partial charge in [-0.2, -0.15) is 5.10 Å². The van der Waals surface area contributed by atoms with Crippen molar-refractivity contribution in [3.05, 3.63) is 69.6 Å². The van der Waals surface area contributed by atoms with E-state index in [-0.39, 0.29) is 6.04 Å². The lowest BCUT2D eigenvalue weighted by Crippen LogP contribution is -2.14. The van der Waals surface area contributed by atoms with Crippen molar-refractivity contribution in [1.82, 2.24) is 9.66 Å². The summed E-state index contributed by atoms with van der Waals surface area (Å²) in [5.41, 5.74) is 5.78. The second-order valence-corrected chi connectivity index (χ2v) is 7.10. The second-order valence-electron chi connectivity index (χ2n) is 6.26. The van der Waals surface area contributed by atoms with E-state index in [2.05, 4.69) is 56.3 Å². The lowest BCUT2D eigenvalue weighted by atomic mass is 10.1. The number of pyridine rings is 1. The van der Waals surface area contributed by atoms with Crippen LogP contribution < -0.4 is 4.80 Å². The zero-order valence-corrected chi connectivity index (χ0v) is 15.8. The molecule has 2 aromatic heterocycles. The van der Waals surface area contributed by atoms with Gasteiger partial charge in [-0.05, 0) is 62.6 Å². The van der Waals surface area contributed by atoms with Crippen LogP contribution in [0.4, 0.5) is 0 Å². The molecular weight excluding hydrogens is 328 g/mol. The highest BCUT2D eigenvalue weighted by atomic mass is 32.1. The van der Waals surface area contributed by atoms with Gasteiger partial charge in [0.2, 0.25) is 4.80 Å². The summed E-state index contributed by atoms with van der Waals surface area (Å²) in [4.78, 5) is 9.66. The highest BCUT2D eigenvalue weighted by molar-refractivity contribution is 7.07. The zero-order chi connectivity index (χ0) is 17.8. The maximum Gasteiger partial charge on any atom is 0.206 e. The number of hydrogen-bond donors (Lipinski definition) is 0. The molecule has 0 N–H and O–H groups in total. The Hall–Kier alpha value is -2.53. The van der Waals surface area contributed by atoms with Crippen LogP contribution in [0.2, 0.25) is 0 Å². The summed E-state index contributed by atoms with van der Waals surface area (Å²) in [5, 5.41) is 6.82. The third-order valence-electron chi connectivity index (χ3n) is 3.89. The fourth-order valence-electron chi connectivity index (χ4n) is 2.39. The van der Waals surface area contributed by atoms with Crippen molar-refractivity contribution in [3.63, 3.8) is 0 Å². The lowest BCUT2D eigenvalue weighted by molar-refractivity contribution is 0.754. The van der Waals surface area contributed by atoms with E-state index < -0.39 is 0 Å². The maximum atomic E-state index is 4.71. The molecule has 3 aromatic rings. The molecular formula is C20H22N4S. The molecule has 0 bridgehead atoms. The summed E-state index contributed by atoms with van der Waals surface area (Å²) in [6.07, 6.45) is 5.38. The maximum absolute atomic E-state index is 4.71. The van der Waals surface area contributed by atoms with E-state index in [1.165, 1.54) is 11.1 Å². The predicted molar refractivity (Wildman–Crippen MR) is 105 cm³/mol. The Bertz CT molecular complexity index is 949. The van der Waals surface area contributed by atoms with Crippen molar-refractivity contribution in [2.24, 2.45) is 10.1 Å². The SMILES string of the molecule is Cc1ccc(-c2csc(=NC(C)C)n2N=Cc2ccncc2)cc1C. The summed E-state index contributed by atoms with van der Waals surface area (Å²) >= 11 is 1.61. The van der Waals surface area contributed by atoms with Crippen LogP contribution in [-0.2, 0) is 0 Å². The van der Waals surface area contributed by atoms with Crippen LogP contribution in [0.3, 0.4) is 0 Å². The van der Waals surface area contributed by atoms with Crippen LogP contribution >= 0.6 is 11.3 Å². The van der Waals surface area contributed by atoms with Crippen molar-refractivity contribution < 1.29 is 0 Å². The Kier molecular flexibility index (Phi) is 5.24. The van der Waals surface area contributed by atoms with Gasteiger partial charge in [-0.25, -0.2) is 4.68 Å². The first-order valence-electron chi connectivity index (χ1n) is 8.31. The van der Waals surface area contributed by atoms with E-state index >= 15 is 0 Å². The van der Waals surface area contributed by atoms with E-state index in [4.69, 9.17) is 10.1 Å². The Morgan fingerprint density at radius 1 is 1.08 bits per heavy atom. The van der Waals surface area contributed by atoms with E-state index in [1.807, 2.05) is 23.0 Å². The second kappa shape index (κ2) is 7.57. The number of hydrogen-bond acceptors (Lipinski definition) is 4. The third-order valence-corrected chi connectivity index (χ3v) is 4.72. The van der Waals surface area contributed by atoms with Gasteiger partial charge in [0, 0.05) is 29.4 Å². The molecule has 2 heterocycles. The molecule has 128 valence electrons. The van der Waals surface area contributed by atoms with Crippen LogP contribution in [0, 0.1) is 13.8 Å². The molecule has 0 atom stereocenters. The Labute approximate surface area is 152 Å². The summed E-state index contributed by atoms with van der Waals surface area (Å²) in [6.45, 7) is 8.41. The van der Waals surface area contributed by atoms with Gasteiger partial charge in [0.25, 0.3) is 0 Å². The Balaban J connectivity index is 2.11. The van der Waals surface area contributed by atoms with Crippen LogP contribution in [0.25, 0.3) is 11.3 Å². The van der Waals surface area contributed by atoms with Crippen molar-refractivity contribution in [2.75, 3.05) is 0 Å². The van der Waals surface area contributed by atoms with Crippen molar-refractivity contribution in [1.29, 1.82) is 0 Å². The number of benzene rings is 1. The van der Waals surface area contributed by atoms with Gasteiger partial charge in [-0.3, -0.25) is 9.98 Å². The standard InChI is InChI=1S/C20H22N4S/c1-14(2)23-20-24(22-12-17-7-9-21-10-8-17)19(13-25-20)18-6-5-15(3)16(4)11-18/h5-14H,1-4H3. The largest absolute Gasteiger partial charge is 0.265 e. The molecule has 0 saturated carbocycles. The minimum absolute atomic E-state index is 0.216. The molecule has 0 saturated heterocycles. The van der Waals surface area contributed by atoms with E-state index in [1.54, 1.807) is 23.7 Å². The molecule has 0 spiro atoms. The zero-order valence-electron chi connectivity index (χ0n) is 15.0. The Morgan fingerprint density at radius 2 is 1.84 bits per heavy atom. The van der Waals surface area contributed by atoms with E-state index in [0.29, 0.717) is 0 Å².